The molecule has 4 heteroatoms. The summed E-state index contributed by atoms with van der Waals surface area (Å²) in [4.78, 5) is 2.39. The summed E-state index contributed by atoms with van der Waals surface area (Å²) in [6.07, 6.45) is 0.960. The van der Waals surface area contributed by atoms with Crippen LogP contribution >= 0.6 is 11.8 Å². The van der Waals surface area contributed by atoms with E-state index in [1.807, 2.05) is 11.8 Å². The molecule has 0 radical (unpaired) electrons. The Balaban J connectivity index is 2.49. The second kappa shape index (κ2) is 6.79. The number of thioether (sulfide) groups is 1. The lowest BCUT2D eigenvalue weighted by atomic mass is 9.80. The molecule has 1 atom stereocenters. The van der Waals surface area contributed by atoms with Crippen molar-refractivity contribution >= 4 is 11.8 Å². The van der Waals surface area contributed by atoms with Crippen LogP contribution in [0.25, 0.3) is 0 Å². The van der Waals surface area contributed by atoms with Crippen LogP contribution in [-0.4, -0.2) is 48.1 Å². The second-order valence-electron chi connectivity index (χ2n) is 5.98. The van der Waals surface area contributed by atoms with Gasteiger partial charge in [-0.1, -0.05) is 27.7 Å². The number of nitrogens with zero attached hydrogens (tertiary/aromatic N) is 2. The Kier molecular flexibility index (Phi) is 5.97. The van der Waals surface area contributed by atoms with Gasteiger partial charge >= 0.3 is 0 Å². The van der Waals surface area contributed by atoms with Crippen molar-refractivity contribution in [3.63, 3.8) is 0 Å². The average Bonchev–Trinajstić information content (AvgIpc) is 2.33. The number of nitriles is 1. The van der Waals surface area contributed by atoms with E-state index >= 15 is 0 Å². The summed E-state index contributed by atoms with van der Waals surface area (Å²) in [5.74, 6) is 2.08. The molecule has 0 aliphatic carbocycles. The van der Waals surface area contributed by atoms with E-state index in [1.165, 1.54) is 0 Å². The van der Waals surface area contributed by atoms with Gasteiger partial charge in [0.1, 0.15) is 5.54 Å². The summed E-state index contributed by atoms with van der Waals surface area (Å²) in [7, 11) is 0. The minimum absolute atomic E-state index is 0.265. The fraction of sp³-hybridized carbons (Fsp3) is 0.929. The van der Waals surface area contributed by atoms with Gasteiger partial charge in [-0.15, -0.1) is 0 Å². The molecule has 0 aromatic carbocycles. The SMILES string of the molecule is CCN(CC)CCNC1(C#N)CSCC(C)(C)C1. The first-order valence-corrected chi connectivity index (χ1v) is 8.09. The molecule has 1 aliphatic rings. The summed E-state index contributed by atoms with van der Waals surface area (Å²) in [5, 5.41) is 13.0. The molecule has 0 amide bonds. The zero-order chi connectivity index (χ0) is 13.6. The van der Waals surface area contributed by atoms with Crippen LogP contribution in [0.4, 0.5) is 0 Å². The van der Waals surface area contributed by atoms with Gasteiger partial charge in [-0.25, -0.2) is 0 Å². The maximum atomic E-state index is 9.51. The maximum Gasteiger partial charge on any atom is 0.116 e. The van der Waals surface area contributed by atoms with Gasteiger partial charge in [-0.3, -0.25) is 5.32 Å². The fourth-order valence-electron chi connectivity index (χ4n) is 2.64. The van der Waals surface area contributed by atoms with Gasteiger partial charge in [0.15, 0.2) is 0 Å². The smallest absolute Gasteiger partial charge is 0.116 e. The number of hydrogen-bond acceptors (Lipinski definition) is 4. The van der Waals surface area contributed by atoms with Crippen LogP contribution in [0.5, 0.6) is 0 Å². The first-order valence-electron chi connectivity index (χ1n) is 6.93. The summed E-state index contributed by atoms with van der Waals surface area (Å²) in [5.41, 5.74) is -0.0551. The van der Waals surface area contributed by atoms with Crippen LogP contribution in [0.2, 0.25) is 0 Å². The molecule has 1 unspecified atom stereocenters. The maximum absolute atomic E-state index is 9.51. The van der Waals surface area contributed by atoms with Crippen molar-refractivity contribution < 1.29 is 0 Å². The molecule has 18 heavy (non-hydrogen) atoms. The molecule has 1 saturated heterocycles. The van der Waals surface area contributed by atoms with Gasteiger partial charge in [0, 0.05) is 18.8 Å². The topological polar surface area (TPSA) is 39.1 Å². The Morgan fingerprint density at radius 2 is 1.94 bits per heavy atom. The van der Waals surface area contributed by atoms with Crippen LogP contribution in [0, 0.1) is 16.7 Å². The predicted molar refractivity (Wildman–Crippen MR) is 79.9 cm³/mol. The summed E-state index contributed by atoms with van der Waals surface area (Å²) in [6.45, 7) is 13.0. The van der Waals surface area contributed by atoms with Gasteiger partial charge in [0.2, 0.25) is 0 Å². The molecule has 1 N–H and O–H groups in total. The number of hydrogen-bond donors (Lipinski definition) is 1. The molecular formula is C14H27N3S. The Morgan fingerprint density at radius 3 is 2.44 bits per heavy atom. The van der Waals surface area contributed by atoms with Crippen molar-refractivity contribution in [2.24, 2.45) is 5.41 Å². The first kappa shape index (κ1) is 15.8. The van der Waals surface area contributed by atoms with E-state index in [2.05, 4.69) is 44.0 Å². The number of likely N-dealkylation sites (N-methyl/N-ethyl adjacent to an activating group) is 1. The van der Waals surface area contributed by atoms with E-state index < -0.39 is 0 Å². The molecule has 1 heterocycles. The molecule has 0 spiro atoms. The Hall–Kier alpha value is -0.240. The van der Waals surface area contributed by atoms with Gasteiger partial charge in [-0.2, -0.15) is 17.0 Å². The van der Waals surface area contributed by atoms with Gasteiger partial charge in [0.05, 0.1) is 6.07 Å². The number of nitrogens with one attached hydrogen (secondary N) is 1. The van der Waals surface area contributed by atoms with Crippen LogP contribution in [0.15, 0.2) is 0 Å². The third kappa shape index (κ3) is 4.46. The molecule has 0 saturated carbocycles. The standard InChI is InChI=1S/C14H27N3S/c1-5-17(6-2)8-7-16-14(10-15)9-13(3,4)11-18-12-14/h16H,5-9,11-12H2,1-4H3. The summed E-state index contributed by atoms with van der Waals surface area (Å²) in [6, 6.07) is 2.53. The minimum atomic E-state index is -0.320. The van der Waals surface area contributed by atoms with Crippen LogP contribution < -0.4 is 5.32 Å². The molecule has 104 valence electrons. The normalized spacial score (nSPS) is 27.1. The Bertz CT molecular complexity index is 294. The molecule has 0 aromatic heterocycles. The monoisotopic (exact) mass is 269 g/mol. The van der Waals surface area contributed by atoms with Crippen LogP contribution in [-0.2, 0) is 0 Å². The van der Waals surface area contributed by atoms with Crippen molar-refractivity contribution in [3.05, 3.63) is 0 Å². The Morgan fingerprint density at radius 1 is 1.28 bits per heavy atom. The van der Waals surface area contributed by atoms with Gasteiger partial charge in [0.25, 0.3) is 0 Å². The van der Waals surface area contributed by atoms with Crippen LogP contribution in [0.1, 0.15) is 34.1 Å². The van der Waals surface area contributed by atoms with E-state index in [0.29, 0.717) is 0 Å². The first-order chi connectivity index (χ1) is 8.47. The largest absolute Gasteiger partial charge is 0.303 e. The highest BCUT2D eigenvalue weighted by Gasteiger charge is 2.40. The molecule has 0 bridgehead atoms. The van der Waals surface area contributed by atoms with Crippen molar-refractivity contribution in [2.75, 3.05) is 37.7 Å². The van der Waals surface area contributed by atoms with E-state index in [-0.39, 0.29) is 11.0 Å². The predicted octanol–water partition coefficient (Wildman–Crippen LogP) is 2.34. The highest BCUT2D eigenvalue weighted by Crippen LogP contribution is 2.38. The lowest BCUT2D eigenvalue weighted by Crippen LogP contribution is -2.54. The third-order valence-electron chi connectivity index (χ3n) is 3.62. The lowest BCUT2D eigenvalue weighted by molar-refractivity contribution is 0.247. The third-order valence-corrected chi connectivity index (χ3v) is 5.30. The quantitative estimate of drug-likeness (QED) is 0.803. The van der Waals surface area contributed by atoms with Crippen LogP contribution in [0.3, 0.4) is 0 Å². The van der Waals surface area contributed by atoms with Gasteiger partial charge < -0.3 is 4.90 Å². The van der Waals surface area contributed by atoms with E-state index in [4.69, 9.17) is 0 Å². The number of rotatable bonds is 6. The zero-order valence-electron chi connectivity index (χ0n) is 12.3. The van der Waals surface area contributed by atoms with Crippen molar-refractivity contribution in [3.8, 4) is 6.07 Å². The lowest BCUT2D eigenvalue weighted by Gasteiger charge is -2.41. The fourth-order valence-corrected chi connectivity index (χ4v) is 4.01. The molecule has 3 nitrogen and oxygen atoms in total. The summed E-state index contributed by atoms with van der Waals surface area (Å²) < 4.78 is 0. The Labute approximate surface area is 116 Å². The van der Waals surface area contributed by atoms with Gasteiger partial charge in [-0.05, 0) is 30.7 Å². The van der Waals surface area contributed by atoms with E-state index in [1.54, 1.807) is 0 Å². The molecule has 1 rings (SSSR count). The highest BCUT2D eigenvalue weighted by molar-refractivity contribution is 7.99. The second-order valence-corrected chi connectivity index (χ2v) is 6.97. The molecule has 1 aliphatic heterocycles. The molecular weight excluding hydrogens is 242 g/mol. The minimum Gasteiger partial charge on any atom is -0.303 e. The van der Waals surface area contributed by atoms with Crippen molar-refractivity contribution in [2.45, 2.75) is 39.7 Å². The average molecular weight is 269 g/mol. The van der Waals surface area contributed by atoms with E-state index in [0.717, 1.165) is 44.1 Å². The van der Waals surface area contributed by atoms with Crippen molar-refractivity contribution in [1.82, 2.24) is 10.2 Å². The zero-order valence-corrected chi connectivity index (χ0v) is 13.1. The molecule has 0 aromatic rings. The highest BCUT2D eigenvalue weighted by atomic mass is 32.2. The summed E-state index contributed by atoms with van der Waals surface area (Å²) >= 11 is 1.91. The van der Waals surface area contributed by atoms with E-state index in [9.17, 15) is 5.26 Å². The van der Waals surface area contributed by atoms with Crippen molar-refractivity contribution in [1.29, 1.82) is 5.26 Å². The molecule has 1 fully saturated rings.